The number of aryl methyl sites for hydroxylation is 1. The highest BCUT2D eigenvalue weighted by Crippen LogP contribution is 2.26. The lowest BCUT2D eigenvalue weighted by Gasteiger charge is -2.17. The Bertz CT molecular complexity index is 540. The zero-order valence-corrected chi connectivity index (χ0v) is 11.6. The van der Waals surface area contributed by atoms with Crippen molar-refractivity contribution < 1.29 is 9.84 Å². The van der Waals surface area contributed by atoms with Crippen molar-refractivity contribution in [3.8, 4) is 5.75 Å². The number of rotatable bonds is 5. The summed E-state index contributed by atoms with van der Waals surface area (Å²) in [6, 6.07) is 15.4. The molecule has 0 spiro atoms. The highest BCUT2D eigenvalue weighted by Gasteiger charge is 2.14. The lowest BCUT2D eigenvalue weighted by Crippen LogP contribution is -2.15. The molecular weight excluding hydrogens is 260 g/mol. The van der Waals surface area contributed by atoms with Gasteiger partial charge < -0.3 is 9.84 Å². The minimum atomic E-state index is -0.117. The topological polar surface area (TPSA) is 29.5 Å². The Morgan fingerprint density at radius 2 is 1.79 bits per heavy atom. The highest BCUT2D eigenvalue weighted by molar-refractivity contribution is 6.31. The Morgan fingerprint density at radius 1 is 1.11 bits per heavy atom. The van der Waals surface area contributed by atoms with Crippen molar-refractivity contribution in [2.45, 2.75) is 12.8 Å². The largest absolute Gasteiger partial charge is 0.493 e. The molecule has 100 valence electrons. The fourth-order valence-electron chi connectivity index (χ4n) is 1.96. The van der Waals surface area contributed by atoms with Gasteiger partial charge in [0.1, 0.15) is 5.75 Å². The van der Waals surface area contributed by atoms with E-state index in [1.807, 2.05) is 55.5 Å². The third kappa shape index (κ3) is 3.49. The summed E-state index contributed by atoms with van der Waals surface area (Å²) < 4.78 is 5.78. The molecule has 0 amide bonds. The maximum absolute atomic E-state index is 9.51. The summed E-state index contributed by atoms with van der Waals surface area (Å²) >= 11 is 6.14. The minimum absolute atomic E-state index is 0.00954. The van der Waals surface area contributed by atoms with Crippen LogP contribution in [0.5, 0.6) is 5.75 Å². The predicted octanol–water partition coefficient (Wildman–Crippen LogP) is 3.80. The molecular formula is C16H17ClO2. The van der Waals surface area contributed by atoms with Crippen molar-refractivity contribution in [2.75, 3.05) is 13.2 Å². The van der Waals surface area contributed by atoms with E-state index in [0.29, 0.717) is 11.6 Å². The van der Waals surface area contributed by atoms with Crippen molar-refractivity contribution in [3.63, 3.8) is 0 Å². The van der Waals surface area contributed by atoms with Crippen LogP contribution in [0.15, 0.2) is 48.5 Å². The van der Waals surface area contributed by atoms with E-state index >= 15 is 0 Å². The lowest BCUT2D eigenvalue weighted by molar-refractivity contribution is 0.204. The zero-order valence-electron chi connectivity index (χ0n) is 10.8. The number of aliphatic hydroxyl groups is 1. The van der Waals surface area contributed by atoms with Gasteiger partial charge in [0.25, 0.3) is 0 Å². The predicted molar refractivity (Wildman–Crippen MR) is 78.0 cm³/mol. The first-order chi connectivity index (χ1) is 9.22. The van der Waals surface area contributed by atoms with Gasteiger partial charge in [-0.15, -0.1) is 0 Å². The van der Waals surface area contributed by atoms with E-state index in [1.165, 1.54) is 0 Å². The first-order valence-electron chi connectivity index (χ1n) is 6.26. The van der Waals surface area contributed by atoms with Gasteiger partial charge in [0.15, 0.2) is 0 Å². The van der Waals surface area contributed by atoms with Crippen molar-refractivity contribution in [1.29, 1.82) is 0 Å². The first kappa shape index (κ1) is 13.9. The van der Waals surface area contributed by atoms with Crippen LogP contribution in [0.1, 0.15) is 17.0 Å². The molecule has 0 aliphatic carbocycles. The molecule has 0 aliphatic rings. The number of aliphatic hydroxyl groups excluding tert-OH is 1. The Balaban J connectivity index is 2.09. The molecule has 0 fully saturated rings. The lowest BCUT2D eigenvalue weighted by atomic mass is 10.0. The summed E-state index contributed by atoms with van der Waals surface area (Å²) in [7, 11) is 0. The molecule has 0 aromatic heterocycles. The maximum Gasteiger partial charge on any atom is 0.122 e. The smallest absolute Gasteiger partial charge is 0.122 e. The minimum Gasteiger partial charge on any atom is -0.493 e. The summed E-state index contributed by atoms with van der Waals surface area (Å²) in [4.78, 5) is 0. The molecule has 0 aliphatic heterocycles. The zero-order chi connectivity index (χ0) is 13.7. The summed E-state index contributed by atoms with van der Waals surface area (Å²) in [6.07, 6.45) is 0. The monoisotopic (exact) mass is 276 g/mol. The van der Waals surface area contributed by atoms with Gasteiger partial charge in [0, 0.05) is 10.9 Å². The molecule has 2 rings (SSSR count). The standard InChI is InChI=1S/C16H17ClO2/c1-12-6-2-5-9-16(12)19-11-13(10-18)14-7-3-4-8-15(14)17/h2-9,13,18H,10-11H2,1H3. The van der Waals surface area contributed by atoms with Crippen LogP contribution >= 0.6 is 11.6 Å². The van der Waals surface area contributed by atoms with Gasteiger partial charge in [-0.3, -0.25) is 0 Å². The van der Waals surface area contributed by atoms with Crippen molar-refractivity contribution in [1.82, 2.24) is 0 Å². The number of hydrogen-bond acceptors (Lipinski definition) is 2. The molecule has 2 nitrogen and oxygen atoms in total. The van der Waals surface area contributed by atoms with Crippen molar-refractivity contribution >= 4 is 11.6 Å². The van der Waals surface area contributed by atoms with Gasteiger partial charge in [-0.05, 0) is 30.2 Å². The van der Waals surface area contributed by atoms with Gasteiger partial charge in [-0.25, -0.2) is 0 Å². The fourth-order valence-corrected chi connectivity index (χ4v) is 2.25. The van der Waals surface area contributed by atoms with Crippen molar-refractivity contribution in [2.24, 2.45) is 0 Å². The fraction of sp³-hybridized carbons (Fsp3) is 0.250. The summed E-state index contributed by atoms with van der Waals surface area (Å²) in [6.45, 7) is 2.42. The van der Waals surface area contributed by atoms with Crippen LogP contribution in [0.4, 0.5) is 0 Å². The number of halogens is 1. The second-order valence-electron chi connectivity index (χ2n) is 4.48. The molecule has 0 saturated heterocycles. The van der Waals surface area contributed by atoms with E-state index in [1.54, 1.807) is 0 Å². The number of para-hydroxylation sites is 1. The molecule has 3 heteroatoms. The average molecular weight is 277 g/mol. The van der Waals surface area contributed by atoms with Gasteiger partial charge >= 0.3 is 0 Å². The quantitative estimate of drug-likeness (QED) is 0.900. The van der Waals surface area contributed by atoms with E-state index in [4.69, 9.17) is 16.3 Å². The number of hydrogen-bond donors (Lipinski definition) is 1. The molecule has 1 N–H and O–H groups in total. The van der Waals surface area contributed by atoms with Gasteiger partial charge in [0.2, 0.25) is 0 Å². The number of ether oxygens (including phenoxy) is 1. The third-order valence-electron chi connectivity index (χ3n) is 3.10. The van der Waals surface area contributed by atoms with Crippen molar-refractivity contribution in [3.05, 3.63) is 64.7 Å². The Labute approximate surface area is 118 Å². The highest BCUT2D eigenvalue weighted by atomic mass is 35.5. The normalized spacial score (nSPS) is 12.2. The van der Waals surface area contributed by atoms with Crippen LogP contribution in [0.2, 0.25) is 5.02 Å². The van der Waals surface area contributed by atoms with Crippen LogP contribution in [0, 0.1) is 6.92 Å². The molecule has 2 aromatic carbocycles. The second-order valence-corrected chi connectivity index (χ2v) is 4.88. The summed E-state index contributed by atoms with van der Waals surface area (Å²) in [5, 5.41) is 10.2. The van der Waals surface area contributed by atoms with E-state index < -0.39 is 0 Å². The number of benzene rings is 2. The van der Waals surface area contributed by atoms with Crippen LogP contribution < -0.4 is 4.74 Å². The van der Waals surface area contributed by atoms with E-state index in [9.17, 15) is 5.11 Å². The SMILES string of the molecule is Cc1ccccc1OCC(CO)c1ccccc1Cl. The molecule has 1 unspecified atom stereocenters. The van der Waals surface area contributed by atoms with E-state index in [2.05, 4.69) is 0 Å². The Morgan fingerprint density at radius 3 is 2.47 bits per heavy atom. The Hall–Kier alpha value is -1.51. The van der Waals surface area contributed by atoms with Gasteiger partial charge in [-0.2, -0.15) is 0 Å². The van der Waals surface area contributed by atoms with Gasteiger partial charge in [-0.1, -0.05) is 48.0 Å². The van der Waals surface area contributed by atoms with Crippen LogP contribution in [-0.4, -0.2) is 18.3 Å². The first-order valence-corrected chi connectivity index (χ1v) is 6.64. The third-order valence-corrected chi connectivity index (χ3v) is 3.44. The van der Waals surface area contributed by atoms with Crippen LogP contribution in [0.3, 0.4) is 0 Å². The van der Waals surface area contributed by atoms with Crippen LogP contribution in [-0.2, 0) is 0 Å². The van der Waals surface area contributed by atoms with E-state index in [-0.39, 0.29) is 12.5 Å². The molecule has 2 aromatic rings. The molecule has 0 saturated carbocycles. The van der Waals surface area contributed by atoms with E-state index in [0.717, 1.165) is 16.9 Å². The molecule has 19 heavy (non-hydrogen) atoms. The molecule has 0 bridgehead atoms. The van der Waals surface area contributed by atoms with Gasteiger partial charge in [0.05, 0.1) is 13.2 Å². The summed E-state index contributed by atoms with van der Waals surface area (Å²) in [5.41, 5.74) is 2.00. The molecule has 1 atom stereocenters. The maximum atomic E-state index is 9.51. The molecule has 0 radical (unpaired) electrons. The second kappa shape index (κ2) is 6.60. The average Bonchev–Trinajstić information content (AvgIpc) is 2.43. The van der Waals surface area contributed by atoms with Crippen LogP contribution in [0.25, 0.3) is 0 Å². The molecule has 0 heterocycles. The summed E-state index contributed by atoms with van der Waals surface area (Å²) in [5.74, 6) is 0.723. The Kier molecular flexibility index (Phi) is 4.83.